The lowest BCUT2D eigenvalue weighted by Crippen LogP contribution is -2.57. The molecule has 6 aromatic carbocycles. The number of benzene rings is 6. The zero-order chi connectivity index (χ0) is 91.4. The summed E-state index contributed by atoms with van der Waals surface area (Å²) in [6, 6.07) is 33.6. The number of para-hydroxylation sites is 2. The average Bonchev–Trinajstić information content (AvgIpc) is 1.59. The van der Waals surface area contributed by atoms with Gasteiger partial charge in [-0.1, -0.05) is 92.2 Å². The number of thiophene rings is 1. The molecule has 36 heteroatoms. The number of primary amides is 1. The van der Waals surface area contributed by atoms with Gasteiger partial charge in [-0.25, -0.2) is 43.5 Å². The molecule has 0 aliphatic carbocycles. The summed E-state index contributed by atoms with van der Waals surface area (Å²) in [7, 11) is 1.84. The zero-order valence-corrected chi connectivity index (χ0v) is 75.0. The SMILES string of the molecule is COc1ccc(COC(=O)[C@@H](Cc2ccccc2OCc2ccnc(-c3ccccc3OC)n2)Oc2ncnc3sc(-c4ccc(F)cc4)c(-c4ccc(OCCN5CC[N+](C)(Cc6ccc(NC(=O)[C@H](CCCNC(N)=O)NC(=O)[C@@H](NC(=O)OC(C)(C)C)C(C)C)cc6CN(C)C(=O)C[C@H](NC(=O)CS(=O)(=O)O)C(=O)OC(C)(C)C)CC5)c(Cl)c4C)c23)cc1. The third-order valence-electron chi connectivity index (χ3n) is 20.4. The van der Waals surface area contributed by atoms with E-state index in [1.54, 1.807) is 143 Å². The van der Waals surface area contributed by atoms with Crippen LogP contribution in [0.4, 0.5) is 19.7 Å². The van der Waals surface area contributed by atoms with Gasteiger partial charge in [-0.2, -0.15) is 8.42 Å². The summed E-state index contributed by atoms with van der Waals surface area (Å²) in [5, 5.41) is 13.7. The van der Waals surface area contributed by atoms with Crippen LogP contribution in [0.5, 0.6) is 28.9 Å². The molecule has 0 unspecified atom stereocenters. The second kappa shape index (κ2) is 43.2. The summed E-state index contributed by atoms with van der Waals surface area (Å²) in [5.74, 6) is -4.82. The lowest BCUT2D eigenvalue weighted by molar-refractivity contribution is -0.926. The second-order valence-corrected chi connectivity index (χ2v) is 35.9. The van der Waals surface area contributed by atoms with Gasteiger partial charge in [0.05, 0.1) is 62.4 Å². The van der Waals surface area contributed by atoms with Crippen molar-refractivity contribution in [1.82, 2.24) is 51.0 Å². The van der Waals surface area contributed by atoms with Crippen molar-refractivity contribution in [2.75, 3.05) is 85.3 Å². The standard InChI is InChI=1S/C90H107ClFN13O19S2/c1-54(2)78(102-88(113)124-90(7,8)9)82(109)101-67(21-18-37-95-87(93)112)81(108)99-62-31-28-59(60(45-62)48-103(10)74(107)47-68(85(110)123-89(4,5)6)100-73(106)52-126(114,115)116)49-105(11)42-39-104(40-43-105)41-44-119-71-35-34-65(55(3)77(71)91)75-76-83(96-53-97-84(76)125-79(75)57-26-29-61(92)30-27-57)122-72(86(111)121-50-56-24-32-64(117-12)33-25-56)46-58-19-14-16-22-69(58)120-51-63-36-38-94-80(98-63)66-20-15-17-23-70(66)118-13/h14-17,19-20,22-36,38,45,53-54,67-68,72,78H,18,21,37,39-44,46-52H2,1-13H3,(H7-,93,95,99,100,101,102,106,108,109,112,113,114,115,116)/p+1/t67-,68-,72+,78-/m0/s1. The smallest absolute Gasteiger partial charge is 0.408 e. The third-order valence-corrected chi connectivity index (χ3v) is 22.7. The van der Waals surface area contributed by atoms with Crippen molar-refractivity contribution in [2.24, 2.45) is 11.7 Å². The van der Waals surface area contributed by atoms with E-state index >= 15 is 0 Å². The molecule has 10 rings (SSSR count). The van der Waals surface area contributed by atoms with Crippen molar-refractivity contribution in [1.29, 1.82) is 0 Å². The number of piperazine rings is 1. The van der Waals surface area contributed by atoms with E-state index in [0.29, 0.717) is 143 Å². The summed E-state index contributed by atoms with van der Waals surface area (Å²) in [6.07, 6.45) is 0.232. The number of quaternary nitrogens is 1. The fourth-order valence-corrected chi connectivity index (χ4v) is 15.7. The van der Waals surface area contributed by atoms with E-state index < -0.39 is 117 Å². The minimum absolute atomic E-state index is 0.000694. The van der Waals surface area contributed by atoms with Crippen LogP contribution >= 0.6 is 22.9 Å². The van der Waals surface area contributed by atoms with Gasteiger partial charge in [0, 0.05) is 74.1 Å². The molecular weight excluding hydrogens is 1690 g/mol. The topological polar surface area (TPSA) is 409 Å². The number of anilines is 1. The van der Waals surface area contributed by atoms with Crippen LogP contribution in [-0.4, -0.2) is 210 Å². The van der Waals surface area contributed by atoms with Gasteiger partial charge < -0.3 is 79.6 Å². The number of nitrogens with zero attached hydrogens (tertiary/aromatic N) is 7. The van der Waals surface area contributed by atoms with Gasteiger partial charge in [-0.15, -0.1) is 11.3 Å². The first-order valence-electron chi connectivity index (χ1n) is 40.8. The highest BCUT2D eigenvalue weighted by Gasteiger charge is 2.37. The largest absolute Gasteiger partial charge is 0.497 e. The Labute approximate surface area is 740 Å². The third kappa shape index (κ3) is 27.7. The predicted octanol–water partition coefficient (Wildman–Crippen LogP) is 11.7. The molecule has 0 spiro atoms. The number of halogens is 2. The number of aromatic nitrogens is 4. The van der Waals surface area contributed by atoms with Crippen molar-refractivity contribution < 1.29 is 98.1 Å². The first-order valence-corrected chi connectivity index (χ1v) is 43.6. The minimum atomic E-state index is -4.85. The number of nitrogens with one attached hydrogen (secondary N) is 5. The molecule has 126 heavy (non-hydrogen) atoms. The second-order valence-electron chi connectivity index (χ2n) is 33.0. The number of rotatable bonds is 39. The molecule has 4 heterocycles. The number of amides is 7. The van der Waals surface area contributed by atoms with Crippen LogP contribution in [0.25, 0.3) is 43.2 Å². The molecule has 0 radical (unpaired) electrons. The number of ether oxygens (including phenoxy) is 8. The molecule has 7 amide bonds. The fourth-order valence-electron chi connectivity index (χ4n) is 13.9. The molecule has 1 aliphatic heterocycles. The normalized spacial score (nSPS) is 13.8. The van der Waals surface area contributed by atoms with Gasteiger partial charge in [0.2, 0.25) is 35.6 Å². The van der Waals surface area contributed by atoms with Gasteiger partial charge in [-0.05, 0) is 167 Å². The number of likely N-dealkylation sites (N-methyl/N-ethyl adjacent to an activating group) is 1. The maximum atomic E-state index is 14.8. The number of esters is 2. The Bertz CT molecular complexity index is 5490. The van der Waals surface area contributed by atoms with Gasteiger partial charge in [0.25, 0.3) is 10.1 Å². The number of carbonyl (C=O) groups excluding carboxylic acids is 8. The molecule has 0 bridgehead atoms. The molecule has 4 atom stereocenters. The highest BCUT2D eigenvalue weighted by molar-refractivity contribution is 7.86. The van der Waals surface area contributed by atoms with E-state index in [1.165, 1.54) is 41.7 Å². The highest BCUT2D eigenvalue weighted by Crippen LogP contribution is 2.50. The molecule has 1 saturated heterocycles. The van der Waals surface area contributed by atoms with E-state index in [-0.39, 0.29) is 63.7 Å². The van der Waals surface area contributed by atoms with Crippen molar-refractivity contribution in [3.8, 4) is 61.8 Å². The summed E-state index contributed by atoms with van der Waals surface area (Å²) in [4.78, 5) is 132. The van der Waals surface area contributed by atoms with Crippen molar-refractivity contribution in [3.63, 3.8) is 0 Å². The molecule has 3 aromatic heterocycles. The molecule has 9 aromatic rings. The van der Waals surface area contributed by atoms with Gasteiger partial charge >= 0.3 is 24.1 Å². The molecule has 1 fully saturated rings. The van der Waals surface area contributed by atoms with Crippen molar-refractivity contribution >= 4 is 96.7 Å². The zero-order valence-electron chi connectivity index (χ0n) is 72.6. The number of fused-ring (bicyclic) bond motifs is 1. The summed E-state index contributed by atoms with van der Waals surface area (Å²) in [6.45, 7) is 18.4. The first kappa shape index (κ1) is 96.1. The van der Waals surface area contributed by atoms with E-state index in [9.17, 15) is 55.7 Å². The Morgan fingerprint density at radius 2 is 1.44 bits per heavy atom. The van der Waals surface area contributed by atoms with Crippen LogP contribution in [-0.2, 0) is 85.8 Å². The Balaban J connectivity index is 0.882. The minimum Gasteiger partial charge on any atom is -0.497 e. The van der Waals surface area contributed by atoms with E-state index in [1.807, 2.05) is 61.5 Å². The maximum absolute atomic E-state index is 14.8. The van der Waals surface area contributed by atoms with Gasteiger partial charge in [0.1, 0.15) is 95.7 Å². The maximum Gasteiger partial charge on any atom is 0.408 e. The molecule has 1 aliphatic rings. The predicted molar refractivity (Wildman–Crippen MR) is 472 cm³/mol. The summed E-state index contributed by atoms with van der Waals surface area (Å²) in [5.41, 5.74) is 9.96. The monoisotopic (exact) mass is 1790 g/mol. The lowest BCUT2D eigenvalue weighted by atomic mass is 9.96. The number of nitrogens with two attached hydrogens (primary N) is 1. The highest BCUT2D eigenvalue weighted by atomic mass is 35.5. The summed E-state index contributed by atoms with van der Waals surface area (Å²) < 4.78 is 96.1. The van der Waals surface area contributed by atoms with E-state index in [0.717, 1.165) is 5.56 Å². The summed E-state index contributed by atoms with van der Waals surface area (Å²) >= 11 is 8.74. The van der Waals surface area contributed by atoms with Crippen molar-refractivity contribution in [2.45, 2.75) is 150 Å². The number of hydrogen-bond acceptors (Lipinski definition) is 24. The number of alkyl carbamates (subject to hydrolysis) is 1. The van der Waals surface area contributed by atoms with Gasteiger partial charge in [0.15, 0.2) is 11.6 Å². The van der Waals surface area contributed by atoms with Gasteiger partial charge in [-0.3, -0.25) is 28.6 Å². The van der Waals surface area contributed by atoms with Crippen LogP contribution in [0.2, 0.25) is 5.02 Å². The molecule has 0 saturated carbocycles. The Kier molecular flexibility index (Phi) is 32.9. The quantitative estimate of drug-likeness (QED) is 0.00618. The molecule has 8 N–H and O–H groups in total. The van der Waals surface area contributed by atoms with Crippen LogP contribution in [0.3, 0.4) is 0 Å². The Hall–Kier alpha value is -12.1. The van der Waals surface area contributed by atoms with Crippen LogP contribution in [0.1, 0.15) is 108 Å². The van der Waals surface area contributed by atoms with E-state index in [2.05, 4.69) is 43.5 Å². The van der Waals surface area contributed by atoms with Crippen LogP contribution in [0.15, 0.2) is 146 Å². The molecule has 32 nitrogen and oxygen atoms in total. The molecular formula is C90H108ClFN13O19S2+. The van der Waals surface area contributed by atoms with Crippen LogP contribution < -0.4 is 56.0 Å². The number of hydrogen-bond donors (Lipinski definition) is 7. The number of carbonyl (C=O) groups is 8. The lowest BCUT2D eigenvalue weighted by Gasteiger charge is -2.42. The van der Waals surface area contributed by atoms with E-state index in [4.69, 9.17) is 70.2 Å². The fraction of sp³-hybridized carbons (Fsp3) is 0.400. The number of methoxy groups -OCH3 is 2. The molecule has 672 valence electrons. The average molecular weight is 1790 g/mol. The Morgan fingerprint density at radius 1 is 0.746 bits per heavy atom. The van der Waals surface area contributed by atoms with Crippen LogP contribution in [0, 0.1) is 18.7 Å². The van der Waals surface area contributed by atoms with Crippen molar-refractivity contribution in [3.05, 3.63) is 190 Å². The first-order chi connectivity index (χ1) is 59.7. The Morgan fingerprint density at radius 3 is 2.12 bits per heavy atom. The number of urea groups is 1.